The first-order chi connectivity index (χ1) is 12.8. The van der Waals surface area contributed by atoms with Gasteiger partial charge in [0.15, 0.2) is 0 Å². The molecule has 0 amide bonds. The van der Waals surface area contributed by atoms with Crippen LogP contribution in [0, 0.1) is 6.92 Å². The number of H-pyrrole nitrogens is 1. The lowest BCUT2D eigenvalue weighted by Crippen LogP contribution is -1.95. The van der Waals surface area contributed by atoms with Crippen LogP contribution in [-0.4, -0.2) is 18.7 Å². The van der Waals surface area contributed by atoms with Crippen molar-refractivity contribution in [1.29, 1.82) is 0 Å². The standard InChI is InChI=1S/C23H21NO2/c1-16-22(26-14-6-9-17-7-4-3-5-8-17)13-12-20-19-11-10-18(25-2)15-21(19)24-23(16)20/h3-13,15,24H,14H2,1-2H3/b9-6+. The van der Waals surface area contributed by atoms with Gasteiger partial charge in [-0.2, -0.15) is 0 Å². The number of aryl methyl sites for hydroxylation is 1. The smallest absolute Gasteiger partial charge is 0.124 e. The zero-order chi connectivity index (χ0) is 17.9. The Hall–Kier alpha value is -3.20. The Balaban J connectivity index is 1.59. The highest BCUT2D eigenvalue weighted by atomic mass is 16.5. The fourth-order valence-electron chi connectivity index (χ4n) is 3.24. The second-order valence-electron chi connectivity index (χ2n) is 6.27. The molecule has 4 rings (SSSR count). The molecule has 1 N–H and O–H groups in total. The molecule has 0 radical (unpaired) electrons. The van der Waals surface area contributed by atoms with Crippen molar-refractivity contribution in [1.82, 2.24) is 4.98 Å². The van der Waals surface area contributed by atoms with E-state index in [0.29, 0.717) is 6.61 Å². The summed E-state index contributed by atoms with van der Waals surface area (Å²) in [6.45, 7) is 2.63. The van der Waals surface area contributed by atoms with E-state index in [1.54, 1.807) is 7.11 Å². The number of aromatic nitrogens is 1. The third kappa shape index (κ3) is 3.04. The number of benzene rings is 3. The summed E-state index contributed by atoms with van der Waals surface area (Å²) in [4.78, 5) is 3.50. The number of ether oxygens (including phenoxy) is 2. The van der Waals surface area contributed by atoms with Gasteiger partial charge in [0.25, 0.3) is 0 Å². The number of fused-ring (bicyclic) bond motifs is 3. The van der Waals surface area contributed by atoms with Gasteiger partial charge in [-0.3, -0.25) is 0 Å². The van der Waals surface area contributed by atoms with Gasteiger partial charge in [0.1, 0.15) is 18.1 Å². The lowest BCUT2D eigenvalue weighted by atomic mass is 10.1. The first-order valence-corrected chi connectivity index (χ1v) is 8.69. The molecule has 26 heavy (non-hydrogen) atoms. The van der Waals surface area contributed by atoms with Crippen molar-refractivity contribution in [3.05, 3.63) is 77.9 Å². The molecule has 0 saturated heterocycles. The molecule has 0 unspecified atom stereocenters. The maximum atomic E-state index is 5.98. The van der Waals surface area contributed by atoms with E-state index < -0.39 is 0 Å². The Labute approximate surface area is 152 Å². The van der Waals surface area contributed by atoms with Crippen molar-refractivity contribution in [2.45, 2.75) is 6.92 Å². The molecule has 1 heterocycles. The van der Waals surface area contributed by atoms with Crippen molar-refractivity contribution in [2.75, 3.05) is 13.7 Å². The number of rotatable bonds is 5. The molecule has 0 aliphatic carbocycles. The van der Waals surface area contributed by atoms with Crippen LogP contribution in [0.5, 0.6) is 11.5 Å². The monoisotopic (exact) mass is 343 g/mol. The van der Waals surface area contributed by atoms with Crippen molar-refractivity contribution >= 4 is 27.9 Å². The van der Waals surface area contributed by atoms with Crippen LogP contribution in [0.2, 0.25) is 0 Å². The summed E-state index contributed by atoms with van der Waals surface area (Å²) in [5.74, 6) is 1.75. The Morgan fingerprint density at radius 2 is 1.77 bits per heavy atom. The molecule has 0 fully saturated rings. The molecule has 0 spiro atoms. The molecule has 4 aromatic rings. The van der Waals surface area contributed by atoms with Gasteiger partial charge in [-0.05, 0) is 42.8 Å². The third-order valence-corrected chi connectivity index (χ3v) is 4.64. The SMILES string of the molecule is COc1ccc2c(c1)[nH]c1c(C)c(OC/C=C/c3ccccc3)ccc12. The molecule has 3 aromatic carbocycles. The highest BCUT2D eigenvalue weighted by Gasteiger charge is 2.10. The molecule has 0 atom stereocenters. The number of hydrogen-bond acceptors (Lipinski definition) is 2. The Morgan fingerprint density at radius 1 is 0.962 bits per heavy atom. The van der Waals surface area contributed by atoms with Crippen molar-refractivity contribution < 1.29 is 9.47 Å². The highest BCUT2D eigenvalue weighted by Crippen LogP contribution is 2.33. The lowest BCUT2D eigenvalue weighted by Gasteiger charge is -2.08. The Morgan fingerprint density at radius 3 is 2.58 bits per heavy atom. The van der Waals surface area contributed by atoms with Crippen LogP contribution in [-0.2, 0) is 0 Å². The molecule has 3 nitrogen and oxygen atoms in total. The van der Waals surface area contributed by atoms with Crippen LogP contribution in [0.4, 0.5) is 0 Å². The zero-order valence-electron chi connectivity index (χ0n) is 15.0. The van der Waals surface area contributed by atoms with Crippen LogP contribution >= 0.6 is 0 Å². The van der Waals surface area contributed by atoms with Gasteiger partial charge in [0.05, 0.1) is 18.1 Å². The first kappa shape index (κ1) is 16.3. The summed E-state index contributed by atoms with van der Waals surface area (Å²) in [5, 5.41) is 2.40. The highest BCUT2D eigenvalue weighted by molar-refractivity contribution is 6.09. The molecule has 130 valence electrons. The third-order valence-electron chi connectivity index (χ3n) is 4.64. The van der Waals surface area contributed by atoms with Gasteiger partial charge < -0.3 is 14.5 Å². The Bertz CT molecular complexity index is 1080. The van der Waals surface area contributed by atoms with Gasteiger partial charge >= 0.3 is 0 Å². The minimum absolute atomic E-state index is 0.537. The Kier molecular flexibility index (Phi) is 4.36. The van der Waals surface area contributed by atoms with Crippen LogP contribution < -0.4 is 9.47 Å². The molecular formula is C23H21NO2. The predicted octanol–water partition coefficient (Wildman–Crippen LogP) is 5.73. The van der Waals surface area contributed by atoms with Gasteiger partial charge in [0, 0.05) is 22.4 Å². The fourth-order valence-corrected chi connectivity index (χ4v) is 3.24. The summed E-state index contributed by atoms with van der Waals surface area (Å²) in [7, 11) is 1.68. The number of nitrogens with one attached hydrogen (secondary N) is 1. The molecule has 0 aliphatic rings. The van der Waals surface area contributed by atoms with Gasteiger partial charge in [0.2, 0.25) is 0 Å². The van der Waals surface area contributed by atoms with E-state index in [-0.39, 0.29) is 0 Å². The van der Waals surface area contributed by atoms with Gasteiger partial charge in [-0.15, -0.1) is 0 Å². The van der Waals surface area contributed by atoms with Crippen molar-refractivity contribution in [3.8, 4) is 11.5 Å². The number of aromatic amines is 1. The van der Waals surface area contributed by atoms with E-state index >= 15 is 0 Å². The molecule has 3 heteroatoms. The molecule has 0 saturated carbocycles. The van der Waals surface area contributed by atoms with E-state index in [9.17, 15) is 0 Å². The lowest BCUT2D eigenvalue weighted by molar-refractivity contribution is 0.361. The van der Waals surface area contributed by atoms with E-state index in [1.807, 2.05) is 42.5 Å². The largest absolute Gasteiger partial charge is 0.497 e. The topological polar surface area (TPSA) is 34.2 Å². The summed E-state index contributed by atoms with van der Waals surface area (Å²) in [5.41, 5.74) is 4.47. The summed E-state index contributed by atoms with van der Waals surface area (Å²) in [6.07, 6.45) is 4.11. The summed E-state index contributed by atoms with van der Waals surface area (Å²) >= 11 is 0. The summed E-state index contributed by atoms with van der Waals surface area (Å²) < 4.78 is 11.3. The first-order valence-electron chi connectivity index (χ1n) is 8.69. The molecule has 0 bridgehead atoms. The van der Waals surface area contributed by atoms with E-state index in [1.165, 1.54) is 16.3 Å². The van der Waals surface area contributed by atoms with E-state index in [4.69, 9.17) is 9.47 Å². The zero-order valence-corrected chi connectivity index (χ0v) is 15.0. The maximum absolute atomic E-state index is 5.98. The number of methoxy groups -OCH3 is 1. The minimum Gasteiger partial charge on any atom is -0.497 e. The normalized spacial score (nSPS) is 11.5. The summed E-state index contributed by atoms with van der Waals surface area (Å²) in [6, 6.07) is 20.5. The molecule has 1 aromatic heterocycles. The van der Waals surface area contributed by atoms with Crippen molar-refractivity contribution in [2.24, 2.45) is 0 Å². The fraction of sp³-hybridized carbons (Fsp3) is 0.130. The molecular weight excluding hydrogens is 322 g/mol. The maximum Gasteiger partial charge on any atom is 0.124 e. The van der Waals surface area contributed by atoms with Crippen LogP contribution in [0.25, 0.3) is 27.9 Å². The van der Waals surface area contributed by atoms with Gasteiger partial charge in [-0.25, -0.2) is 0 Å². The van der Waals surface area contributed by atoms with Crippen LogP contribution in [0.3, 0.4) is 0 Å². The average Bonchev–Trinajstić information content (AvgIpc) is 3.06. The quantitative estimate of drug-likeness (QED) is 0.502. The molecule has 0 aliphatic heterocycles. The van der Waals surface area contributed by atoms with E-state index in [2.05, 4.69) is 42.2 Å². The number of hydrogen-bond donors (Lipinski definition) is 1. The average molecular weight is 343 g/mol. The second kappa shape index (κ2) is 6.96. The van der Waals surface area contributed by atoms with Gasteiger partial charge in [-0.1, -0.05) is 36.4 Å². The predicted molar refractivity (Wildman–Crippen MR) is 108 cm³/mol. The minimum atomic E-state index is 0.537. The second-order valence-corrected chi connectivity index (χ2v) is 6.27. The van der Waals surface area contributed by atoms with Crippen LogP contribution in [0.15, 0.2) is 66.7 Å². The van der Waals surface area contributed by atoms with Crippen LogP contribution in [0.1, 0.15) is 11.1 Å². The van der Waals surface area contributed by atoms with Crippen molar-refractivity contribution in [3.63, 3.8) is 0 Å². The van der Waals surface area contributed by atoms with E-state index in [0.717, 1.165) is 28.1 Å².